The third kappa shape index (κ3) is 1.99. The van der Waals surface area contributed by atoms with Gasteiger partial charge < -0.3 is 4.98 Å². The Hall–Kier alpha value is -2.94. The zero-order valence-corrected chi connectivity index (χ0v) is 11.3. The quantitative estimate of drug-likeness (QED) is 0.591. The Morgan fingerprint density at radius 2 is 1.67 bits per heavy atom. The number of nitrogens with one attached hydrogen (secondary N) is 1. The van der Waals surface area contributed by atoms with Crippen LogP contribution in [0.2, 0.25) is 0 Å². The van der Waals surface area contributed by atoms with Crippen LogP contribution in [0.5, 0.6) is 0 Å². The van der Waals surface area contributed by atoms with Crippen molar-refractivity contribution in [3.05, 3.63) is 73.2 Å². The van der Waals surface area contributed by atoms with Crippen molar-refractivity contribution in [2.75, 3.05) is 0 Å². The summed E-state index contributed by atoms with van der Waals surface area (Å²) in [6.45, 7) is 0. The van der Waals surface area contributed by atoms with E-state index in [-0.39, 0.29) is 0 Å². The number of rotatable bonds is 2. The number of H-pyrrole nitrogens is 1. The summed E-state index contributed by atoms with van der Waals surface area (Å²) in [6.07, 6.45) is 5.52. The fourth-order valence-electron chi connectivity index (χ4n) is 2.64. The van der Waals surface area contributed by atoms with E-state index >= 15 is 0 Å². The molecule has 3 heteroatoms. The molecule has 0 amide bonds. The van der Waals surface area contributed by atoms with E-state index in [1.165, 1.54) is 0 Å². The molecule has 4 rings (SSSR count). The summed E-state index contributed by atoms with van der Waals surface area (Å²) in [5.74, 6) is 0. The number of pyridine rings is 2. The lowest BCUT2D eigenvalue weighted by molar-refractivity contribution is 1.29. The number of aromatic nitrogens is 3. The number of aromatic amines is 1. The van der Waals surface area contributed by atoms with Gasteiger partial charge in [0.25, 0.3) is 0 Å². The molecular formula is C18H13N3. The maximum absolute atomic E-state index is 4.48. The molecule has 3 heterocycles. The summed E-state index contributed by atoms with van der Waals surface area (Å²) in [5.41, 5.74) is 5.36. The average Bonchev–Trinajstić information content (AvgIpc) is 2.96. The van der Waals surface area contributed by atoms with Gasteiger partial charge in [0.2, 0.25) is 0 Å². The van der Waals surface area contributed by atoms with Gasteiger partial charge >= 0.3 is 0 Å². The van der Waals surface area contributed by atoms with E-state index in [4.69, 9.17) is 0 Å². The van der Waals surface area contributed by atoms with Crippen molar-refractivity contribution in [1.29, 1.82) is 0 Å². The van der Waals surface area contributed by atoms with Crippen molar-refractivity contribution in [3.63, 3.8) is 0 Å². The second-order valence-electron chi connectivity index (χ2n) is 4.88. The minimum absolute atomic E-state index is 0.938. The second-order valence-corrected chi connectivity index (χ2v) is 4.88. The van der Waals surface area contributed by atoms with E-state index in [1.807, 2.05) is 54.9 Å². The van der Waals surface area contributed by atoms with Crippen LogP contribution in [-0.2, 0) is 0 Å². The van der Waals surface area contributed by atoms with Crippen molar-refractivity contribution in [2.24, 2.45) is 0 Å². The van der Waals surface area contributed by atoms with Gasteiger partial charge in [-0.1, -0.05) is 36.4 Å². The van der Waals surface area contributed by atoms with Crippen molar-refractivity contribution < 1.29 is 0 Å². The monoisotopic (exact) mass is 271 g/mol. The van der Waals surface area contributed by atoms with E-state index in [9.17, 15) is 0 Å². The van der Waals surface area contributed by atoms with Gasteiger partial charge in [-0.05, 0) is 23.8 Å². The third-order valence-electron chi connectivity index (χ3n) is 3.58. The lowest BCUT2D eigenvalue weighted by atomic mass is 10.0. The van der Waals surface area contributed by atoms with Crippen molar-refractivity contribution in [2.45, 2.75) is 0 Å². The van der Waals surface area contributed by atoms with Crippen LogP contribution in [-0.4, -0.2) is 15.0 Å². The van der Waals surface area contributed by atoms with Gasteiger partial charge in [0.15, 0.2) is 0 Å². The van der Waals surface area contributed by atoms with Crippen LogP contribution in [0.25, 0.3) is 33.4 Å². The highest BCUT2D eigenvalue weighted by atomic mass is 14.8. The van der Waals surface area contributed by atoms with Crippen LogP contribution >= 0.6 is 0 Å². The lowest BCUT2D eigenvalue weighted by Gasteiger charge is -2.04. The highest BCUT2D eigenvalue weighted by Crippen LogP contribution is 2.36. The van der Waals surface area contributed by atoms with Gasteiger partial charge in [-0.25, -0.2) is 0 Å². The number of hydrogen-bond donors (Lipinski definition) is 1. The van der Waals surface area contributed by atoms with Gasteiger partial charge in [-0.15, -0.1) is 0 Å². The summed E-state index contributed by atoms with van der Waals surface area (Å²) in [6, 6.07) is 18.3. The molecule has 0 fully saturated rings. The van der Waals surface area contributed by atoms with E-state index in [0.29, 0.717) is 0 Å². The van der Waals surface area contributed by atoms with Crippen molar-refractivity contribution in [3.8, 4) is 22.5 Å². The molecule has 3 nitrogen and oxygen atoms in total. The van der Waals surface area contributed by atoms with Crippen LogP contribution in [0.4, 0.5) is 0 Å². The Morgan fingerprint density at radius 1 is 0.810 bits per heavy atom. The summed E-state index contributed by atoms with van der Waals surface area (Å²) < 4.78 is 0. The highest BCUT2D eigenvalue weighted by Gasteiger charge is 2.15. The van der Waals surface area contributed by atoms with E-state index in [2.05, 4.69) is 27.1 Å². The minimum Gasteiger partial charge on any atom is -0.353 e. The smallest absolute Gasteiger partial charge is 0.0871 e. The molecule has 4 aromatic rings. The molecule has 100 valence electrons. The van der Waals surface area contributed by atoms with Crippen molar-refractivity contribution >= 4 is 10.9 Å². The first-order chi connectivity index (χ1) is 10.4. The summed E-state index contributed by atoms with van der Waals surface area (Å²) >= 11 is 0. The number of hydrogen-bond acceptors (Lipinski definition) is 2. The maximum atomic E-state index is 4.48. The molecule has 0 saturated carbocycles. The lowest BCUT2D eigenvalue weighted by Crippen LogP contribution is -1.85. The van der Waals surface area contributed by atoms with Gasteiger partial charge in [-0.2, -0.15) is 0 Å². The first-order valence-electron chi connectivity index (χ1n) is 6.86. The molecule has 0 aliphatic heterocycles. The molecule has 0 bridgehead atoms. The van der Waals surface area contributed by atoms with Gasteiger partial charge in [-0.3, -0.25) is 9.97 Å². The van der Waals surface area contributed by atoms with E-state index in [1.54, 1.807) is 6.20 Å². The van der Waals surface area contributed by atoms with Crippen LogP contribution < -0.4 is 0 Å². The molecule has 21 heavy (non-hydrogen) atoms. The van der Waals surface area contributed by atoms with Gasteiger partial charge in [0, 0.05) is 35.1 Å². The number of benzene rings is 1. The minimum atomic E-state index is 0.938. The zero-order chi connectivity index (χ0) is 14.1. The molecule has 0 aliphatic rings. The fraction of sp³-hybridized carbons (Fsp3) is 0. The molecule has 0 aliphatic carbocycles. The summed E-state index contributed by atoms with van der Waals surface area (Å²) in [7, 11) is 0. The molecule has 1 aromatic carbocycles. The average molecular weight is 271 g/mol. The van der Waals surface area contributed by atoms with Crippen LogP contribution in [0, 0.1) is 0 Å². The molecule has 0 radical (unpaired) electrons. The zero-order valence-electron chi connectivity index (χ0n) is 11.3. The van der Waals surface area contributed by atoms with Crippen LogP contribution in [0.1, 0.15) is 0 Å². The number of nitrogens with zero attached hydrogens (tertiary/aromatic N) is 2. The molecule has 0 saturated heterocycles. The maximum Gasteiger partial charge on any atom is 0.0871 e. The van der Waals surface area contributed by atoms with Crippen LogP contribution in [0.3, 0.4) is 0 Å². The van der Waals surface area contributed by atoms with Gasteiger partial charge in [0.1, 0.15) is 0 Å². The molecule has 0 spiro atoms. The molecule has 3 aromatic heterocycles. The Kier molecular flexibility index (Phi) is 2.75. The van der Waals surface area contributed by atoms with Crippen molar-refractivity contribution in [1.82, 2.24) is 15.0 Å². The normalized spacial score (nSPS) is 10.9. The molecule has 0 unspecified atom stereocenters. The Balaban J connectivity index is 2.07. The van der Waals surface area contributed by atoms with Crippen LogP contribution in [0.15, 0.2) is 73.2 Å². The first-order valence-corrected chi connectivity index (χ1v) is 6.86. The topological polar surface area (TPSA) is 41.6 Å². The summed E-state index contributed by atoms with van der Waals surface area (Å²) in [4.78, 5) is 12.2. The standard InChI is InChI=1S/C18H13N3/c1-2-6-13(7-3-1)17-14-12-19-11-9-15(14)21-18(17)16-8-4-5-10-20-16/h1-12,21H. The highest BCUT2D eigenvalue weighted by molar-refractivity contribution is 6.02. The fourth-order valence-corrected chi connectivity index (χ4v) is 2.64. The second kappa shape index (κ2) is 4.87. The predicted octanol–water partition coefficient (Wildman–Crippen LogP) is 4.29. The Morgan fingerprint density at radius 3 is 2.48 bits per heavy atom. The first kappa shape index (κ1) is 11.9. The Labute approximate surface area is 122 Å². The SMILES string of the molecule is c1ccc(-c2c(-c3ccccn3)[nH]c3ccncc23)cc1. The molecule has 1 N–H and O–H groups in total. The predicted molar refractivity (Wildman–Crippen MR) is 84.8 cm³/mol. The summed E-state index contributed by atoms with van der Waals surface area (Å²) in [5, 5.41) is 1.12. The molecule has 0 atom stereocenters. The van der Waals surface area contributed by atoms with Gasteiger partial charge in [0.05, 0.1) is 11.4 Å². The largest absolute Gasteiger partial charge is 0.353 e. The van der Waals surface area contributed by atoms with E-state index < -0.39 is 0 Å². The third-order valence-corrected chi connectivity index (χ3v) is 3.58. The number of fused-ring (bicyclic) bond motifs is 1. The van der Waals surface area contributed by atoms with E-state index in [0.717, 1.165) is 33.4 Å². The Bertz CT molecular complexity index is 880. The molecular weight excluding hydrogens is 258 g/mol.